The number of aromatic nitrogens is 4. The van der Waals surface area contributed by atoms with E-state index in [4.69, 9.17) is 4.42 Å². The molecule has 1 fully saturated rings. The first-order chi connectivity index (χ1) is 11.7. The molecule has 3 aromatic heterocycles. The molecule has 0 radical (unpaired) electrons. The van der Waals surface area contributed by atoms with Crippen molar-refractivity contribution >= 4 is 22.8 Å². The van der Waals surface area contributed by atoms with Gasteiger partial charge in [-0.1, -0.05) is 0 Å². The van der Waals surface area contributed by atoms with Gasteiger partial charge in [0, 0.05) is 36.9 Å². The molecule has 0 saturated carbocycles. The van der Waals surface area contributed by atoms with Crippen molar-refractivity contribution in [3.8, 4) is 11.5 Å². The highest BCUT2D eigenvalue weighted by molar-refractivity contribution is 5.97. The maximum atomic E-state index is 11.2. The summed E-state index contributed by atoms with van der Waals surface area (Å²) in [5, 5.41) is 21.3. The van der Waals surface area contributed by atoms with E-state index in [1.165, 1.54) is 11.3 Å². The number of carbonyl (C=O) groups is 1. The van der Waals surface area contributed by atoms with Crippen LogP contribution in [0.4, 0.5) is 10.5 Å². The molecule has 1 saturated heterocycles. The van der Waals surface area contributed by atoms with Gasteiger partial charge in [0.05, 0.1) is 11.3 Å². The van der Waals surface area contributed by atoms with E-state index < -0.39 is 6.09 Å². The maximum absolute atomic E-state index is 11.2. The normalized spacial score (nSPS) is 18.0. The van der Waals surface area contributed by atoms with Gasteiger partial charge in [0.15, 0.2) is 0 Å². The molecule has 1 atom stereocenters. The van der Waals surface area contributed by atoms with E-state index in [-0.39, 0.29) is 6.04 Å². The van der Waals surface area contributed by atoms with Crippen LogP contribution >= 0.6 is 0 Å². The van der Waals surface area contributed by atoms with Gasteiger partial charge in [0.25, 0.3) is 5.89 Å². The Labute approximate surface area is 136 Å². The van der Waals surface area contributed by atoms with Crippen LogP contribution in [0.3, 0.4) is 0 Å². The lowest BCUT2D eigenvalue weighted by atomic mass is 10.0. The second-order valence-corrected chi connectivity index (χ2v) is 5.74. The predicted molar refractivity (Wildman–Crippen MR) is 85.6 cm³/mol. The topological polar surface area (TPSA) is 120 Å². The van der Waals surface area contributed by atoms with E-state index in [9.17, 15) is 9.90 Å². The minimum absolute atomic E-state index is 0.0111. The van der Waals surface area contributed by atoms with Gasteiger partial charge in [-0.05, 0) is 18.9 Å². The molecule has 3 aromatic rings. The van der Waals surface area contributed by atoms with E-state index in [1.54, 1.807) is 6.20 Å². The number of anilines is 1. The Morgan fingerprint density at radius 2 is 2.42 bits per heavy atom. The second kappa shape index (κ2) is 5.84. The molecule has 124 valence electrons. The Kier molecular flexibility index (Phi) is 3.52. The molecule has 9 nitrogen and oxygen atoms in total. The molecular formula is C15H16N6O3. The molecule has 0 unspecified atom stereocenters. The Hall–Kier alpha value is -3.10. The molecule has 0 aromatic carbocycles. The number of piperidine rings is 1. The summed E-state index contributed by atoms with van der Waals surface area (Å²) < 4.78 is 5.32. The summed E-state index contributed by atoms with van der Waals surface area (Å²) in [5.41, 5.74) is 2.27. The van der Waals surface area contributed by atoms with Gasteiger partial charge in [-0.15, -0.1) is 10.2 Å². The van der Waals surface area contributed by atoms with Gasteiger partial charge >= 0.3 is 6.09 Å². The number of fused-ring (bicyclic) bond motifs is 1. The molecule has 0 spiro atoms. The van der Waals surface area contributed by atoms with E-state index in [1.807, 2.05) is 12.3 Å². The Balaban J connectivity index is 1.71. The molecular weight excluding hydrogens is 312 g/mol. The average molecular weight is 328 g/mol. The quantitative estimate of drug-likeness (QED) is 0.673. The highest BCUT2D eigenvalue weighted by Crippen LogP contribution is 2.33. The van der Waals surface area contributed by atoms with E-state index in [0.29, 0.717) is 24.5 Å². The first kappa shape index (κ1) is 14.5. The summed E-state index contributed by atoms with van der Waals surface area (Å²) in [6, 6.07) is 1.93. The number of hydrogen-bond acceptors (Lipinski definition) is 6. The van der Waals surface area contributed by atoms with Gasteiger partial charge < -0.3 is 24.7 Å². The van der Waals surface area contributed by atoms with Crippen molar-refractivity contribution in [1.29, 1.82) is 0 Å². The summed E-state index contributed by atoms with van der Waals surface area (Å²) in [6.45, 7) is 1.01. The minimum atomic E-state index is -0.889. The largest absolute Gasteiger partial charge is 0.465 e. The first-order valence-corrected chi connectivity index (χ1v) is 7.69. The van der Waals surface area contributed by atoms with Crippen LogP contribution in [-0.2, 0) is 0 Å². The molecule has 9 heteroatoms. The summed E-state index contributed by atoms with van der Waals surface area (Å²) in [6.07, 6.45) is 5.58. The summed E-state index contributed by atoms with van der Waals surface area (Å²) in [7, 11) is 0. The zero-order chi connectivity index (χ0) is 16.5. The number of rotatable bonds is 3. The van der Waals surface area contributed by atoms with E-state index >= 15 is 0 Å². The molecule has 4 heterocycles. The van der Waals surface area contributed by atoms with Gasteiger partial charge in [0.2, 0.25) is 6.39 Å². The number of hydrogen-bond donors (Lipinski definition) is 3. The number of carboxylic acid groups (broad SMARTS) is 1. The van der Waals surface area contributed by atoms with Crippen LogP contribution in [0.2, 0.25) is 0 Å². The molecule has 24 heavy (non-hydrogen) atoms. The average Bonchev–Trinajstić information content (AvgIpc) is 3.27. The van der Waals surface area contributed by atoms with Crippen molar-refractivity contribution in [2.75, 3.05) is 18.4 Å². The van der Waals surface area contributed by atoms with Crippen LogP contribution in [0.15, 0.2) is 29.3 Å². The summed E-state index contributed by atoms with van der Waals surface area (Å²) in [4.78, 5) is 20.1. The zero-order valence-corrected chi connectivity index (χ0v) is 12.8. The molecule has 3 N–H and O–H groups in total. The van der Waals surface area contributed by atoms with Crippen LogP contribution < -0.4 is 5.32 Å². The van der Waals surface area contributed by atoms with Gasteiger partial charge in [-0.3, -0.25) is 0 Å². The Morgan fingerprint density at radius 1 is 1.50 bits per heavy atom. The monoisotopic (exact) mass is 328 g/mol. The molecule has 0 aliphatic carbocycles. The van der Waals surface area contributed by atoms with E-state index in [0.717, 1.165) is 29.6 Å². The fourth-order valence-corrected chi connectivity index (χ4v) is 3.09. The van der Waals surface area contributed by atoms with Crippen LogP contribution in [0.1, 0.15) is 12.8 Å². The number of aromatic amines is 1. The summed E-state index contributed by atoms with van der Waals surface area (Å²) >= 11 is 0. The number of nitrogens with one attached hydrogen (secondary N) is 2. The lowest BCUT2D eigenvalue weighted by Gasteiger charge is -2.32. The van der Waals surface area contributed by atoms with Crippen LogP contribution in [0, 0.1) is 0 Å². The summed E-state index contributed by atoms with van der Waals surface area (Å²) in [5.74, 6) is 0.374. The molecule has 1 amide bonds. The number of likely N-dealkylation sites (tertiary alicyclic amines) is 1. The lowest BCUT2D eigenvalue weighted by molar-refractivity contribution is 0.133. The van der Waals surface area contributed by atoms with Crippen LogP contribution in [0.25, 0.3) is 22.5 Å². The van der Waals surface area contributed by atoms with Crippen molar-refractivity contribution in [1.82, 2.24) is 25.1 Å². The molecule has 0 bridgehead atoms. The maximum Gasteiger partial charge on any atom is 0.407 e. The molecule has 1 aliphatic rings. The smallest absolute Gasteiger partial charge is 0.407 e. The van der Waals surface area contributed by atoms with Crippen LogP contribution in [-0.4, -0.2) is 55.4 Å². The highest BCUT2D eigenvalue weighted by atomic mass is 16.4. The van der Waals surface area contributed by atoms with Crippen molar-refractivity contribution in [2.45, 2.75) is 18.9 Å². The SMILES string of the molecule is O=C(O)N1CCC[C@@H](Nc2c(-c3nnco3)cnc3[nH]ccc23)C1. The number of H-pyrrole nitrogens is 1. The third-order valence-corrected chi connectivity index (χ3v) is 4.22. The van der Waals surface area contributed by atoms with Crippen molar-refractivity contribution in [3.63, 3.8) is 0 Å². The van der Waals surface area contributed by atoms with Crippen molar-refractivity contribution in [2.24, 2.45) is 0 Å². The highest BCUT2D eigenvalue weighted by Gasteiger charge is 2.25. The third kappa shape index (κ3) is 2.53. The Bertz CT molecular complexity index is 859. The molecule has 1 aliphatic heterocycles. The Morgan fingerprint density at radius 3 is 3.21 bits per heavy atom. The van der Waals surface area contributed by atoms with Gasteiger partial charge in [0.1, 0.15) is 5.65 Å². The van der Waals surface area contributed by atoms with Gasteiger partial charge in [-0.2, -0.15) is 0 Å². The van der Waals surface area contributed by atoms with Gasteiger partial charge in [-0.25, -0.2) is 9.78 Å². The minimum Gasteiger partial charge on any atom is -0.465 e. The van der Waals surface area contributed by atoms with Crippen molar-refractivity contribution in [3.05, 3.63) is 24.9 Å². The lowest BCUT2D eigenvalue weighted by Crippen LogP contribution is -2.44. The molecule has 4 rings (SSSR count). The third-order valence-electron chi connectivity index (χ3n) is 4.22. The number of pyridine rings is 1. The fourth-order valence-electron chi connectivity index (χ4n) is 3.09. The van der Waals surface area contributed by atoms with Crippen LogP contribution in [0.5, 0.6) is 0 Å². The predicted octanol–water partition coefficient (Wildman–Crippen LogP) is 2.17. The standard InChI is InChI=1S/C15H16N6O3/c22-15(23)21-5-1-2-9(7-21)19-12-10-3-4-16-13(10)17-6-11(12)14-20-18-8-24-14/h3-4,6,8-9H,1-2,5,7H2,(H,22,23)(H2,16,17,19)/t9-/m1/s1. The number of amides is 1. The van der Waals surface area contributed by atoms with Crippen molar-refractivity contribution < 1.29 is 14.3 Å². The zero-order valence-electron chi connectivity index (χ0n) is 12.8. The fraction of sp³-hybridized carbons (Fsp3) is 0.333. The second-order valence-electron chi connectivity index (χ2n) is 5.74. The first-order valence-electron chi connectivity index (χ1n) is 7.69. The number of nitrogens with zero attached hydrogens (tertiary/aromatic N) is 4. The van der Waals surface area contributed by atoms with E-state index in [2.05, 4.69) is 25.5 Å².